The molecule has 1 aromatic heterocycles. The van der Waals surface area contributed by atoms with Crippen molar-refractivity contribution >= 4 is 24.0 Å². The van der Waals surface area contributed by atoms with E-state index in [2.05, 4.69) is 41.6 Å². The number of amides is 2. The highest BCUT2D eigenvalue weighted by Crippen LogP contribution is 2.22. The molecule has 0 saturated heterocycles. The molecule has 3 N–H and O–H groups in total. The Kier molecular flexibility index (Phi) is 7.35. The van der Waals surface area contributed by atoms with Crippen LogP contribution in [0, 0.1) is 10.7 Å². The Morgan fingerprint density at radius 3 is 2.34 bits per heavy atom. The van der Waals surface area contributed by atoms with Crippen LogP contribution in [0.4, 0.5) is 0 Å². The van der Waals surface area contributed by atoms with Crippen molar-refractivity contribution in [2.75, 3.05) is 0 Å². The molecule has 158 valence electrons. The van der Waals surface area contributed by atoms with E-state index < -0.39 is 6.04 Å². The molecular formula is C21H31N5O2S. The lowest BCUT2D eigenvalue weighted by atomic mass is 9.86. The third-order valence-electron chi connectivity index (χ3n) is 4.82. The zero-order chi connectivity index (χ0) is 21.8. The number of aromatic nitrogens is 3. The van der Waals surface area contributed by atoms with Crippen LogP contribution in [0.2, 0.25) is 0 Å². The van der Waals surface area contributed by atoms with Crippen molar-refractivity contribution in [2.45, 2.75) is 66.1 Å². The third-order valence-corrected chi connectivity index (χ3v) is 5.13. The van der Waals surface area contributed by atoms with E-state index in [1.165, 1.54) is 0 Å². The summed E-state index contributed by atoms with van der Waals surface area (Å²) in [4.78, 5) is 25.4. The van der Waals surface area contributed by atoms with E-state index in [0.717, 1.165) is 5.56 Å². The number of H-pyrrole nitrogens is 1. The monoisotopic (exact) mass is 417 g/mol. The molecular weight excluding hydrogens is 386 g/mol. The van der Waals surface area contributed by atoms with Crippen LogP contribution >= 0.6 is 12.2 Å². The van der Waals surface area contributed by atoms with Crippen molar-refractivity contribution in [1.82, 2.24) is 25.4 Å². The quantitative estimate of drug-likeness (QED) is 0.603. The Morgan fingerprint density at radius 2 is 1.83 bits per heavy atom. The number of nitrogens with one attached hydrogen (secondary N) is 3. The first-order valence-electron chi connectivity index (χ1n) is 9.87. The van der Waals surface area contributed by atoms with Crippen LogP contribution in [-0.4, -0.2) is 32.6 Å². The maximum Gasteiger partial charge on any atom is 0.251 e. The normalized spacial score (nSPS) is 12.7. The molecule has 2 aromatic rings. The molecule has 0 aliphatic carbocycles. The van der Waals surface area contributed by atoms with Gasteiger partial charge in [-0.1, -0.05) is 46.8 Å². The summed E-state index contributed by atoms with van der Waals surface area (Å²) in [6.07, 6.45) is 0. The first-order valence-corrected chi connectivity index (χ1v) is 10.3. The molecule has 0 fully saturated rings. The van der Waals surface area contributed by atoms with Gasteiger partial charge in [0.05, 0.1) is 6.54 Å². The van der Waals surface area contributed by atoms with Gasteiger partial charge in [0.2, 0.25) is 5.91 Å². The molecule has 0 radical (unpaired) electrons. The maximum absolute atomic E-state index is 12.7. The van der Waals surface area contributed by atoms with Crippen LogP contribution in [0.3, 0.4) is 0 Å². The number of hydrogen-bond donors (Lipinski definition) is 3. The van der Waals surface area contributed by atoms with Crippen molar-refractivity contribution < 1.29 is 9.59 Å². The maximum atomic E-state index is 12.7. The van der Waals surface area contributed by atoms with E-state index in [1.54, 1.807) is 12.1 Å². The van der Waals surface area contributed by atoms with Gasteiger partial charge < -0.3 is 15.2 Å². The van der Waals surface area contributed by atoms with E-state index in [1.807, 2.05) is 37.5 Å². The number of hydrogen-bond acceptors (Lipinski definition) is 4. The van der Waals surface area contributed by atoms with Crippen molar-refractivity contribution in [1.29, 1.82) is 0 Å². The molecule has 2 amide bonds. The molecule has 1 aromatic carbocycles. The van der Waals surface area contributed by atoms with Gasteiger partial charge >= 0.3 is 0 Å². The molecule has 1 unspecified atom stereocenters. The molecule has 29 heavy (non-hydrogen) atoms. The lowest BCUT2D eigenvalue weighted by Crippen LogP contribution is -2.49. The Morgan fingerprint density at radius 1 is 1.21 bits per heavy atom. The highest BCUT2D eigenvalue weighted by Gasteiger charge is 2.25. The summed E-state index contributed by atoms with van der Waals surface area (Å²) in [5, 5.41) is 12.6. The third kappa shape index (κ3) is 5.76. The van der Waals surface area contributed by atoms with Crippen LogP contribution < -0.4 is 10.6 Å². The van der Waals surface area contributed by atoms with Crippen LogP contribution in [0.1, 0.15) is 63.3 Å². The average Bonchev–Trinajstić information content (AvgIpc) is 3.02. The van der Waals surface area contributed by atoms with E-state index >= 15 is 0 Å². The molecule has 8 heteroatoms. The minimum absolute atomic E-state index is 0.0157. The lowest BCUT2D eigenvalue weighted by Gasteiger charge is -2.22. The highest BCUT2D eigenvalue weighted by atomic mass is 32.1. The number of rotatable bonds is 7. The molecule has 0 aliphatic heterocycles. The zero-order valence-electron chi connectivity index (χ0n) is 18.0. The van der Waals surface area contributed by atoms with Crippen molar-refractivity contribution in [3.05, 3.63) is 46.0 Å². The van der Waals surface area contributed by atoms with Gasteiger partial charge in [-0.25, -0.2) is 0 Å². The van der Waals surface area contributed by atoms with Crippen molar-refractivity contribution in [3.8, 4) is 0 Å². The molecule has 7 nitrogen and oxygen atoms in total. The molecule has 1 atom stereocenters. The van der Waals surface area contributed by atoms with E-state index in [4.69, 9.17) is 12.2 Å². The molecule has 0 spiro atoms. The second kappa shape index (κ2) is 9.35. The fourth-order valence-corrected chi connectivity index (χ4v) is 3.25. The fourth-order valence-electron chi connectivity index (χ4n) is 2.97. The van der Waals surface area contributed by atoms with Gasteiger partial charge in [-0.05, 0) is 48.2 Å². The average molecular weight is 418 g/mol. The first-order chi connectivity index (χ1) is 13.5. The van der Waals surface area contributed by atoms with Gasteiger partial charge in [-0.3, -0.25) is 14.7 Å². The van der Waals surface area contributed by atoms with Gasteiger partial charge in [-0.15, -0.1) is 0 Å². The second-order valence-corrected chi connectivity index (χ2v) is 8.82. The Bertz CT molecular complexity index is 906. The number of carbonyl (C=O) groups is 2. The minimum atomic E-state index is -0.651. The molecule has 1 heterocycles. The number of nitrogens with zero attached hydrogens (tertiary/aromatic N) is 2. The van der Waals surface area contributed by atoms with Crippen molar-refractivity contribution in [3.63, 3.8) is 0 Å². The molecule has 0 bridgehead atoms. The van der Waals surface area contributed by atoms with Gasteiger partial charge in [0.15, 0.2) is 10.6 Å². The van der Waals surface area contributed by atoms with Gasteiger partial charge in [0, 0.05) is 12.1 Å². The summed E-state index contributed by atoms with van der Waals surface area (Å²) in [5.41, 5.74) is 1.70. The lowest BCUT2D eigenvalue weighted by molar-refractivity contribution is -0.124. The van der Waals surface area contributed by atoms with Crippen LogP contribution in [-0.2, 0) is 23.3 Å². The van der Waals surface area contributed by atoms with E-state index in [9.17, 15) is 9.59 Å². The van der Waals surface area contributed by atoms with E-state index in [0.29, 0.717) is 22.7 Å². The number of carbonyl (C=O) groups excluding carboxylic acids is 2. The molecule has 0 saturated carbocycles. The molecule has 0 aliphatic rings. The summed E-state index contributed by atoms with van der Waals surface area (Å²) in [5.74, 6) is 0.0593. The second-order valence-electron chi connectivity index (χ2n) is 8.43. The van der Waals surface area contributed by atoms with Gasteiger partial charge in [0.25, 0.3) is 5.91 Å². The Labute approximate surface area is 177 Å². The van der Waals surface area contributed by atoms with E-state index in [-0.39, 0.29) is 29.7 Å². The number of aromatic amines is 1. The van der Waals surface area contributed by atoms with Gasteiger partial charge in [0.1, 0.15) is 6.04 Å². The summed E-state index contributed by atoms with van der Waals surface area (Å²) in [7, 11) is 0. The van der Waals surface area contributed by atoms with Gasteiger partial charge in [-0.2, -0.15) is 5.10 Å². The first kappa shape index (κ1) is 22.8. The highest BCUT2D eigenvalue weighted by molar-refractivity contribution is 7.71. The Hall–Kier alpha value is -2.48. The SMILES string of the molecule is CCn1c(CNC(=O)C(NC(=O)c2ccc(C(C)(C)C)cc2)C(C)C)n[nH]c1=S. The van der Waals surface area contributed by atoms with Crippen LogP contribution in [0.5, 0.6) is 0 Å². The standard InChI is InChI=1S/C21H31N5O2S/c1-7-26-16(24-25-20(26)29)12-22-19(28)17(13(2)3)23-18(27)14-8-10-15(11-9-14)21(4,5)6/h8-11,13,17H,7,12H2,1-6H3,(H,22,28)(H,23,27)(H,25,29). The van der Waals surface area contributed by atoms with Crippen LogP contribution in [0.15, 0.2) is 24.3 Å². The summed E-state index contributed by atoms with van der Waals surface area (Å²) in [6.45, 7) is 13.0. The zero-order valence-corrected chi connectivity index (χ0v) is 18.8. The smallest absolute Gasteiger partial charge is 0.251 e. The summed E-state index contributed by atoms with van der Waals surface area (Å²) >= 11 is 5.16. The van der Waals surface area contributed by atoms with Crippen molar-refractivity contribution in [2.24, 2.45) is 5.92 Å². The predicted molar refractivity (Wildman–Crippen MR) is 116 cm³/mol. The van der Waals surface area contributed by atoms with Crippen LogP contribution in [0.25, 0.3) is 0 Å². The number of benzene rings is 1. The molecule has 2 rings (SSSR count). The largest absolute Gasteiger partial charge is 0.347 e. The Balaban J connectivity index is 2.05. The summed E-state index contributed by atoms with van der Waals surface area (Å²) < 4.78 is 2.33. The fraction of sp³-hybridized carbons (Fsp3) is 0.524. The predicted octanol–water partition coefficient (Wildman–Crippen LogP) is 3.33. The topological polar surface area (TPSA) is 91.8 Å². The minimum Gasteiger partial charge on any atom is -0.347 e. The summed E-state index contributed by atoms with van der Waals surface area (Å²) in [6, 6.07) is 6.84.